The monoisotopic (exact) mass is 992 g/mol. The lowest BCUT2D eigenvalue weighted by Crippen LogP contribution is -2.17. The predicted molar refractivity (Wildman–Crippen MR) is 319 cm³/mol. The first-order valence-electron chi connectivity index (χ1n) is 31.4. The molecule has 0 spiro atoms. The highest BCUT2D eigenvalue weighted by Crippen LogP contribution is 2.47. The zero-order chi connectivity index (χ0) is 61.4. The van der Waals surface area contributed by atoms with Gasteiger partial charge in [0.2, 0.25) is 0 Å². The van der Waals surface area contributed by atoms with Crippen LogP contribution >= 0.6 is 0 Å². The molecule has 0 saturated heterocycles. The molecule has 3 aromatic heterocycles. The van der Waals surface area contributed by atoms with E-state index in [2.05, 4.69) is 102 Å². The fourth-order valence-electron chi connectivity index (χ4n) is 11.2. The van der Waals surface area contributed by atoms with Gasteiger partial charge >= 0.3 is 0 Å². The summed E-state index contributed by atoms with van der Waals surface area (Å²) in [6, 6.07) is 57.4. The summed E-state index contributed by atoms with van der Waals surface area (Å²) in [7, 11) is 0. The first kappa shape index (κ1) is 36.9. The molecule has 1 aliphatic rings. The number of hydrogen-bond acceptors (Lipinski definition) is 3. The van der Waals surface area contributed by atoms with Crippen LogP contribution in [0.3, 0.4) is 0 Å². The van der Waals surface area contributed by atoms with E-state index >= 15 is 0 Å². The van der Waals surface area contributed by atoms with Crippen molar-refractivity contribution in [3.8, 4) is 28.4 Å². The van der Waals surface area contributed by atoms with E-state index in [1.807, 2.05) is 132 Å². The van der Waals surface area contributed by atoms with E-state index in [4.69, 9.17) is 22.1 Å². The summed E-state index contributed by atoms with van der Waals surface area (Å²) in [4.78, 5) is 7.10. The van der Waals surface area contributed by atoms with Crippen molar-refractivity contribution in [3.05, 3.63) is 204 Å². The zero-order valence-electron chi connectivity index (χ0n) is 54.8. The highest BCUT2D eigenvalue weighted by molar-refractivity contribution is 6.22. The van der Waals surface area contributed by atoms with Crippen molar-refractivity contribution in [2.75, 3.05) is 4.90 Å². The number of aromatic nitrogens is 3. The van der Waals surface area contributed by atoms with Crippen LogP contribution in [0.2, 0.25) is 0 Å². The average Bonchev–Trinajstić information content (AvgIpc) is 1.14. The molecule has 0 unspecified atom stereocenters. The minimum atomic E-state index is -3.53. The van der Waals surface area contributed by atoms with Crippen molar-refractivity contribution in [2.45, 2.75) is 105 Å². The van der Waals surface area contributed by atoms with Gasteiger partial charge in [-0.1, -0.05) is 191 Å². The summed E-state index contributed by atoms with van der Waals surface area (Å²) in [5, 5.41) is 7.07. The van der Waals surface area contributed by atoms with Crippen molar-refractivity contribution in [1.82, 2.24) is 14.1 Å². The molecule has 0 atom stereocenters. The summed E-state index contributed by atoms with van der Waals surface area (Å²) in [5.41, 5.74) is 3.43. The van der Waals surface area contributed by atoms with E-state index in [1.165, 1.54) is 12.1 Å². The van der Waals surface area contributed by atoms with Gasteiger partial charge in [0.1, 0.15) is 24.0 Å². The number of fused-ring (bicyclic) bond motifs is 10. The lowest BCUT2D eigenvalue weighted by Gasteiger charge is -2.27. The Morgan fingerprint density at radius 1 is 0.547 bits per heavy atom. The van der Waals surface area contributed by atoms with Crippen LogP contribution in [0.1, 0.15) is 113 Å². The molecule has 1 aliphatic heterocycles. The molecule has 0 radical (unpaired) electrons. The minimum Gasteiger partial charge on any atom is -0.457 e. The van der Waals surface area contributed by atoms with Gasteiger partial charge in [-0.3, -0.25) is 4.57 Å². The van der Waals surface area contributed by atoms with Crippen LogP contribution in [0.4, 0.5) is 11.4 Å². The maximum atomic E-state index is 10.0. The van der Waals surface area contributed by atoms with Gasteiger partial charge in [-0.25, -0.2) is 4.98 Å². The van der Waals surface area contributed by atoms with Crippen molar-refractivity contribution in [1.29, 1.82) is 0 Å². The maximum Gasteiger partial charge on any atom is 0.137 e. The number of pyridine rings is 1. The third-order valence-corrected chi connectivity index (χ3v) is 14.8. The van der Waals surface area contributed by atoms with Gasteiger partial charge in [0.05, 0.1) is 27.8 Å². The van der Waals surface area contributed by atoms with Gasteiger partial charge < -0.3 is 14.2 Å². The Labute approximate surface area is 457 Å². The quantitative estimate of drug-likeness (QED) is 0.160. The van der Waals surface area contributed by atoms with Crippen molar-refractivity contribution in [2.24, 2.45) is 5.92 Å². The molecular formula is C70H68N4O. The third-order valence-electron chi connectivity index (χ3n) is 14.8. The number of hydrogen-bond donors (Lipinski definition) is 0. The van der Waals surface area contributed by atoms with Crippen LogP contribution in [0, 0.1) is 5.92 Å². The first-order valence-corrected chi connectivity index (χ1v) is 25.9. The number of nitrogens with zero attached hydrogens (tertiary/aromatic N) is 4. The van der Waals surface area contributed by atoms with Gasteiger partial charge in [-0.2, -0.15) is 0 Å². The maximum absolute atomic E-state index is 10.0. The average molecular weight is 992 g/mol. The van der Waals surface area contributed by atoms with E-state index < -0.39 is 43.7 Å². The second-order valence-corrected chi connectivity index (χ2v) is 22.5. The first-order chi connectivity index (χ1) is 40.4. The van der Waals surface area contributed by atoms with E-state index in [1.54, 1.807) is 6.07 Å². The molecule has 374 valence electrons. The molecule has 0 fully saturated rings. The Bertz CT molecular complexity index is 4570. The number of rotatable bonds is 7. The normalized spacial score (nSPS) is 16.0. The zero-order valence-corrected chi connectivity index (χ0v) is 43.8. The molecule has 0 amide bonds. The molecule has 0 bridgehead atoms. The fourth-order valence-corrected chi connectivity index (χ4v) is 11.2. The van der Waals surface area contributed by atoms with Crippen LogP contribution in [0.5, 0.6) is 11.5 Å². The highest BCUT2D eigenvalue weighted by atomic mass is 16.5. The largest absolute Gasteiger partial charge is 0.457 e. The van der Waals surface area contributed by atoms with Crippen LogP contribution in [-0.4, -0.2) is 14.1 Å². The Balaban J connectivity index is 1.14. The molecule has 11 aromatic rings. The molecule has 8 aromatic carbocycles. The summed E-state index contributed by atoms with van der Waals surface area (Å²) >= 11 is 0. The predicted octanol–water partition coefficient (Wildman–Crippen LogP) is 19.4. The molecule has 0 aliphatic carbocycles. The third kappa shape index (κ3) is 8.47. The Hall–Kier alpha value is -7.89. The molecule has 12 rings (SSSR count). The second-order valence-electron chi connectivity index (χ2n) is 22.5. The van der Waals surface area contributed by atoms with E-state index in [0.29, 0.717) is 44.7 Å². The Kier molecular flexibility index (Phi) is 8.82. The molecule has 5 heteroatoms. The van der Waals surface area contributed by atoms with Gasteiger partial charge in [0, 0.05) is 66.2 Å². The highest BCUT2D eigenvalue weighted by Gasteiger charge is 2.28. The van der Waals surface area contributed by atoms with Crippen LogP contribution in [-0.2, 0) is 29.3 Å². The smallest absolute Gasteiger partial charge is 0.137 e. The van der Waals surface area contributed by atoms with E-state index in [0.717, 1.165) is 77.0 Å². The summed E-state index contributed by atoms with van der Waals surface area (Å²) < 4.78 is 111. The summed E-state index contributed by atoms with van der Waals surface area (Å²) in [5.74, 6) is 1.49. The molecule has 0 N–H and O–H groups in total. The van der Waals surface area contributed by atoms with Gasteiger partial charge in [0.25, 0.3) is 0 Å². The molecular weight excluding hydrogens is 913 g/mol. The van der Waals surface area contributed by atoms with Gasteiger partial charge in [-0.15, -0.1) is 0 Å². The summed E-state index contributed by atoms with van der Waals surface area (Å²) in [6.45, 7) is 5.63. The number of para-hydroxylation sites is 2. The fraction of sp³-hybridized carbons (Fsp3) is 0.243. The number of ether oxygens (including phenoxy) is 1. The van der Waals surface area contributed by atoms with Crippen molar-refractivity contribution < 1.29 is 19.8 Å². The SMILES string of the molecule is [2H]C([2H])(c1ccc(-c2cc(C(C)(C)C)cc(C(C([2H])([2H])[2H])(C([2H])([2H])[2H])C([2H])([2H])[2H])c2)c2c1c1ccccc1c1ccccc1c1cccc3c1n2CN3c1cccc(Oc2ccc3c4ccccc4n(-c4cc(C(C)(C)C)ccn4)c3c2)c1)C(C)C. The van der Waals surface area contributed by atoms with Crippen LogP contribution in [0.25, 0.3) is 82.1 Å². The Morgan fingerprint density at radius 3 is 1.89 bits per heavy atom. The molecule has 5 nitrogen and oxygen atoms in total. The lowest BCUT2D eigenvalue weighted by molar-refractivity contribution is 0.483. The Morgan fingerprint density at radius 2 is 1.17 bits per heavy atom. The molecule has 0 saturated carbocycles. The number of benzene rings is 8. The van der Waals surface area contributed by atoms with Crippen molar-refractivity contribution >= 4 is 76.5 Å². The molecule has 4 heterocycles. The topological polar surface area (TPSA) is 35.2 Å². The van der Waals surface area contributed by atoms with E-state index in [-0.39, 0.29) is 17.6 Å². The lowest BCUT2D eigenvalue weighted by atomic mass is 9.78. The minimum absolute atomic E-state index is 0.0989. The van der Waals surface area contributed by atoms with Crippen LogP contribution in [0.15, 0.2) is 182 Å². The van der Waals surface area contributed by atoms with Gasteiger partial charge in [0.15, 0.2) is 0 Å². The standard InChI is InChI=1S/C70H68N4O/c1-44(2)36-45-30-32-53(46-37-48(69(6,7)8)39-49(38-46)70(9,10)11)67-65(45)59-26-15-14-23-55(59)54-22-12-13-24-56(54)60-27-19-29-62-66(60)73(67)43-72(62)50-20-18-21-51(41-50)75-52-31-33-58-57-25-16-17-28-61(57)74(63(58)42-52)64-40-47(34-35-71-64)68(3,4)5/h12-35,37-42,44H,36,43H2,1-11H3/i6D3,7D3,8D3,36D2. The number of anilines is 2. The molecule has 75 heavy (non-hydrogen) atoms. The van der Waals surface area contributed by atoms with Gasteiger partial charge in [-0.05, 0) is 126 Å². The van der Waals surface area contributed by atoms with Crippen LogP contribution < -0.4 is 9.64 Å². The summed E-state index contributed by atoms with van der Waals surface area (Å²) in [6.07, 6.45) is -0.0641. The second kappa shape index (κ2) is 17.9. The van der Waals surface area contributed by atoms with Crippen molar-refractivity contribution in [3.63, 3.8) is 0 Å². The van der Waals surface area contributed by atoms with E-state index in [9.17, 15) is 2.74 Å².